The van der Waals surface area contributed by atoms with E-state index in [1.54, 1.807) is 24.3 Å². The molecule has 0 radical (unpaired) electrons. The van der Waals surface area contributed by atoms with Gasteiger partial charge in [0.05, 0.1) is 32.4 Å². The van der Waals surface area contributed by atoms with Crippen LogP contribution < -0.4 is 14.8 Å². The topological polar surface area (TPSA) is 108 Å². The first-order valence-electron chi connectivity index (χ1n) is 10.5. The highest BCUT2D eigenvalue weighted by molar-refractivity contribution is 7.92. The first kappa shape index (κ1) is 26.3. The molecule has 11 heteroatoms. The van der Waals surface area contributed by atoms with Gasteiger partial charge in [-0.3, -0.25) is 9.52 Å². The molecule has 0 fully saturated rings. The Morgan fingerprint density at radius 1 is 0.838 bits per heavy atom. The predicted molar refractivity (Wildman–Crippen MR) is 144 cm³/mol. The fourth-order valence-electron chi connectivity index (χ4n) is 3.25. The van der Waals surface area contributed by atoms with E-state index in [-0.39, 0.29) is 32.4 Å². The number of rotatable bonds is 7. The number of nitrogens with one attached hydrogen (secondary N) is 2. The number of benzene rings is 4. The van der Waals surface area contributed by atoms with Gasteiger partial charge in [-0.05, 0) is 72.8 Å². The van der Waals surface area contributed by atoms with Crippen molar-refractivity contribution in [2.45, 2.75) is 4.90 Å². The van der Waals surface area contributed by atoms with Gasteiger partial charge in [-0.1, -0.05) is 46.9 Å². The molecule has 7 nitrogen and oxygen atoms in total. The maximum Gasteiger partial charge on any atom is 0.261 e. The van der Waals surface area contributed by atoms with Gasteiger partial charge in [0.25, 0.3) is 15.9 Å². The molecule has 37 heavy (non-hydrogen) atoms. The van der Waals surface area contributed by atoms with Gasteiger partial charge in [-0.15, -0.1) is 0 Å². The summed E-state index contributed by atoms with van der Waals surface area (Å²) in [5, 5.41) is 12.9. The molecule has 1 amide bonds. The van der Waals surface area contributed by atoms with E-state index in [0.29, 0.717) is 21.5 Å². The Hall–Kier alpha value is -3.74. The van der Waals surface area contributed by atoms with Crippen LogP contribution in [0.5, 0.6) is 11.5 Å². The molecular formula is C26H16Cl3N3O4S. The Morgan fingerprint density at radius 2 is 1.49 bits per heavy atom. The number of nitriles is 1. The molecule has 0 aromatic heterocycles. The maximum atomic E-state index is 13.1. The van der Waals surface area contributed by atoms with Crippen molar-refractivity contribution in [3.63, 3.8) is 0 Å². The minimum absolute atomic E-state index is 0.00855. The summed E-state index contributed by atoms with van der Waals surface area (Å²) in [6.07, 6.45) is 0. The largest absolute Gasteiger partial charge is 0.456 e. The quantitative estimate of drug-likeness (QED) is 0.240. The molecule has 0 spiro atoms. The number of nitrogens with zero attached hydrogens (tertiary/aromatic N) is 1. The van der Waals surface area contributed by atoms with E-state index >= 15 is 0 Å². The van der Waals surface area contributed by atoms with Crippen LogP contribution >= 0.6 is 34.8 Å². The first-order chi connectivity index (χ1) is 17.7. The number of hydrogen-bond acceptors (Lipinski definition) is 5. The lowest BCUT2D eigenvalue weighted by Crippen LogP contribution is -2.19. The molecule has 4 aromatic rings. The summed E-state index contributed by atoms with van der Waals surface area (Å²) in [7, 11) is -4.10. The van der Waals surface area contributed by atoms with E-state index in [4.69, 9.17) is 39.5 Å². The summed E-state index contributed by atoms with van der Waals surface area (Å²) < 4.78 is 34.3. The highest BCUT2D eigenvalue weighted by Gasteiger charge is 2.20. The monoisotopic (exact) mass is 571 g/mol. The molecule has 4 aromatic carbocycles. The lowest BCUT2D eigenvalue weighted by Gasteiger charge is -2.14. The van der Waals surface area contributed by atoms with Crippen molar-refractivity contribution < 1.29 is 17.9 Å². The lowest BCUT2D eigenvalue weighted by molar-refractivity contribution is 0.102. The number of anilines is 2. The summed E-state index contributed by atoms with van der Waals surface area (Å²) in [6.45, 7) is 0. The van der Waals surface area contributed by atoms with Crippen LogP contribution in [0.3, 0.4) is 0 Å². The number of amides is 1. The maximum absolute atomic E-state index is 13.1. The first-order valence-corrected chi connectivity index (χ1v) is 13.1. The van der Waals surface area contributed by atoms with Crippen LogP contribution in [0.1, 0.15) is 15.9 Å². The van der Waals surface area contributed by atoms with Crippen LogP contribution in [-0.4, -0.2) is 14.3 Å². The zero-order valence-electron chi connectivity index (χ0n) is 18.7. The number of hydrogen-bond donors (Lipinski definition) is 2. The summed E-state index contributed by atoms with van der Waals surface area (Å²) in [4.78, 5) is 13.0. The SMILES string of the molecule is N#Cc1cc(Cl)ccc1NC(=O)c1cc(Cl)ccc1NS(=O)(=O)c1ccc(Oc2ccccc2Cl)cc1. The zero-order valence-corrected chi connectivity index (χ0v) is 21.8. The van der Waals surface area contributed by atoms with Crippen LogP contribution in [0.4, 0.5) is 11.4 Å². The van der Waals surface area contributed by atoms with E-state index in [2.05, 4.69) is 10.0 Å². The molecule has 0 saturated carbocycles. The van der Waals surface area contributed by atoms with Gasteiger partial charge in [0, 0.05) is 10.0 Å². The van der Waals surface area contributed by atoms with Crippen molar-refractivity contribution in [3.05, 3.63) is 111 Å². The van der Waals surface area contributed by atoms with E-state index in [0.717, 1.165) is 0 Å². The van der Waals surface area contributed by atoms with Crippen LogP contribution in [0.2, 0.25) is 15.1 Å². The average Bonchev–Trinajstić information content (AvgIpc) is 2.87. The molecule has 186 valence electrons. The van der Waals surface area contributed by atoms with Crippen molar-refractivity contribution in [2.24, 2.45) is 0 Å². The lowest BCUT2D eigenvalue weighted by atomic mass is 10.1. The standard InChI is InChI=1S/C26H16Cl3N3O4S/c27-17-5-11-23(16(13-17)15-30)31-26(33)21-14-18(28)6-12-24(21)32-37(34,35)20-9-7-19(8-10-20)36-25-4-2-1-3-22(25)29/h1-14,32H,(H,31,33). The molecule has 0 atom stereocenters. The van der Waals surface area contributed by atoms with E-state index in [1.165, 1.54) is 60.7 Å². The van der Waals surface area contributed by atoms with Crippen LogP contribution in [0, 0.1) is 11.3 Å². The Morgan fingerprint density at radius 3 is 2.16 bits per heavy atom. The molecule has 0 aliphatic carbocycles. The number of carbonyl (C=O) groups excluding carboxylic acids is 1. The number of para-hydroxylation sites is 1. The smallest absolute Gasteiger partial charge is 0.261 e. The van der Waals surface area contributed by atoms with E-state index < -0.39 is 15.9 Å². The van der Waals surface area contributed by atoms with Gasteiger partial charge in [0.15, 0.2) is 0 Å². The predicted octanol–water partition coefficient (Wildman–Crippen LogP) is 7.36. The Labute approximate surface area is 228 Å². The third kappa shape index (κ3) is 6.34. The molecule has 0 unspecified atom stereocenters. The molecule has 0 aliphatic rings. The Balaban J connectivity index is 1.57. The van der Waals surface area contributed by atoms with Gasteiger partial charge in [0.2, 0.25) is 0 Å². The summed E-state index contributed by atoms with van der Waals surface area (Å²) in [5.74, 6) is 0.132. The normalized spacial score (nSPS) is 10.9. The summed E-state index contributed by atoms with van der Waals surface area (Å²) in [5.41, 5.74) is 0.295. The third-order valence-electron chi connectivity index (χ3n) is 5.02. The second-order valence-corrected chi connectivity index (χ2v) is 10.5. The molecule has 0 aliphatic heterocycles. The van der Waals surface area contributed by atoms with Crippen LogP contribution in [-0.2, 0) is 10.0 Å². The average molecular weight is 573 g/mol. The zero-order chi connectivity index (χ0) is 26.6. The van der Waals surface area contributed by atoms with Crippen molar-refractivity contribution in [3.8, 4) is 17.6 Å². The molecular weight excluding hydrogens is 557 g/mol. The second-order valence-electron chi connectivity index (χ2n) is 7.56. The number of sulfonamides is 1. The van der Waals surface area contributed by atoms with Gasteiger partial charge in [-0.25, -0.2) is 8.42 Å². The van der Waals surface area contributed by atoms with Crippen molar-refractivity contribution >= 4 is 62.1 Å². The van der Waals surface area contributed by atoms with Crippen LogP contribution in [0.15, 0.2) is 89.8 Å². The van der Waals surface area contributed by atoms with Gasteiger partial charge < -0.3 is 10.1 Å². The summed E-state index contributed by atoms with van der Waals surface area (Å²) in [6, 6.07) is 23.0. The summed E-state index contributed by atoms with van der Waals surface area (Å²) >= 11 is 18.1. The molecule has 0 bridgehead atoms. The number of ether oxygens (including phenoxy) is 1. The van der Waals surface area contributed by atoms with E-state index in [1.807, 2.05) is 6.07 Å². The van der Waals surface area contributed by atoms with Crippen molar-refractivity contribution in [1.82, 2.24) is 0 Å². The van der Waals surface area contributed by atoms with Gasteiger partial charge in [0.1, 0.15) is 17.6 Å². The van der Waals surface area contributed by atoms with E-state index in [9.17, 15) is 18.5 Å². The van der Waals surface area contributed by atoms with Gasteiger partial charge in [-0.2, -0.15) is 5.26 Å². The Bertz CT molecular complexity index is 1640. The van der Waals surface area contributed by atoms with Crippen molar-refractivity contribution in [1.29, 1.82) is 5.26 Å². The fraction of sp³-hybridized carbons (Fsp3) is 0. The molecule has 0 saturated heterocycles. The number of halogens is 3. The molecule has 0 heterocycles. The third-order valence-corrected chi connectivity index (χ3v) is 7.18. The minimum atomic E-state index is -4.10. The molecule has 2 N–H and O–H groups in total. The second kappa shape index (κ2) is 11.1. The minimum Gasteiger partial charge on any atom is -0.456 e. The Kier molecular flexibility index (Phi) is 7.91. The number of carbonyl (C=O) groups is 1. The highest BCUT2D eigenvalue weighted by atomic mass is 35.5. The highest BCUT2D eigenvalue weighted by Crippen LogP contribution is 2.30. The van der Waals surface area contributed by atoms with Gasteiger partial charge >= 0.3 is 0 Å². The fourth-order valence-corrected chi connectivity index (χ4v) is 4.84. The molecule has 4 rings (SSSR count). The van der Waals surface area contributed by atoms with Crippen molar-refractivity contribution in [2.75, 3.05) is 10.0 Å². The van der Waals surface area contributed by atoms with Crippen LogP contribution in [0.25, 0.3) is 0 Å².